The molecule has 0 aliphatic heterocycles. The molecule has 1 aromatic rings. The molecule has 0 atom stereocenters. The summed E-state index contributed by atoms with van der Waals surface area (Å²) < 4.78 is 13.5. The van der Waals surface area contributed by atoms with Gasteiger partial charge in [-0.05, 0) is 37.7 Å². The molecule has 0 spiro atoms. The zero-order valence-corrected chi connectivity index (χ0v) is 12.1. The van der Waals surface area contributed by atoms with Crippen molar-refractivity contribution in [1.82, 2.24) is 10.2 Å². The largest absolute Gasteiger partial charge is 0.478 e. The first kappa shape index (κ1) is 16.8. The van der Waals surface area contributed by atoms with Crippen molar-refractivity contribution in [2.24, 2.45) is 0 Å². The predicted molar refractivity (Wildman–Crippen MR) is 78.1 cm³/mol. The molecule has 0 aromatic heterocycles. The standard InChI is InChI=1S/C15H19FN2O3/c1-3-17-14(19)10-18(2)9-11-4-6-13(16)12(8-11)5-7-15(20)21/h4-8H,3,9-10H2,1-2H3,(H,17,19)(H,20,21). The number of carbonyl (C=O) groups excluding carboxylic acids is 1. The monoisotopic (exact) mass is 294 g/mol. The average molecular weight is 294 g/mol. The number of hydrogen-bond donors (Lipinski definition) is 2. The molecule has 0 unspecified atom stereocenters. The highest BCUT2D eigenvalue weighted by Crippen LogP contribution is 2.13. The van der Waals surface area contributed by atoms with Gasteiger partial charge < -0.3 is 10.4 Å². The fraction of sp³-hybridized carbons (Fsp3) is 0.333. The second kappa shape index (κ2) is 8.16. The van der Waals surface area contributed by atoms with E-state index in [1.54, 1.807) is 24.1 Å². The number of nitrogens with one attached hydrogen (secondary N) is 1. The van der Waals surface area contributed by atoms with E-state index in [4.69, 9.17) is 5.11 Å². The molecule has 0 aliphatic rings. The fourth-order valence-corrected chi connectivity index (χ4v) is 1.85. The minimum atomic E-state index is -1.13. The van der Waals surface area contributed by atoms with E-state index < -0.39 is 11.8 Å². The lowest BCUT2D eigenvalue weighted by atomic mass is 10.1. The number of carboxylic acids is 1. The van der Waals surface area contributed by atoms with Gasteiger partial charge in [0.25, 0.3) is 0 Å². The molecule has 0 radical (unpaired) electrons. The molecule has 0 fully saturated rings. The molecule has 5 nitrogen and oxygen atoms in total. The first-order valence-electron chi connectivity index (χ1n) is 6.57. The number of carboxylic acid groups (broad SMARTS) is 1. The Morgan fingerprint density at radius 3 is 2.76 bits per heavy atom. The molecule has 114 valence electrons. The zero-order chi connectivity index (χ0) is 15.8. The molecule has 1 amide bonds. The van der Waals surface area contributed by atoms with Crippen molar-refractivity contribution >= 4 is 18.0 Å². The van der Waals surface area contributed by atoms with Gasteiger partial charge in [0.05, 0.1) is 6.54 Å². The van der Waals surface area contributed by atoms with Crippen molar-refractivity contribution in [1.29, 1.82) is 0 Å². The first-order valence-corrected chi connectivity index (χ1v) is 6.57. The molecule has 21 heavy (non-hydrogen) atoms. The van der Waals surface area contributed by atoms with E-state index in [1.165, 1.54) is 12.1 Å². The van der Waals surface area contributed by atoms with Crippen molar-refractivity contribution in [3.8, 4) is 0 Å². The molecule has 1 rings (SSSR count). The summed E-state index contributed by atoms with van der Waals surface area (Å²) in [6, 6.07) is 4.47. The van der Waals surface area contributed by atoms with E-state index in [-0.39, 0.29) is 18.0 Å². The van der Waals surface area contributed by atoms with Crippen molar-refractivity contribution in [2.45, 2.75) is 13.5 Å². The van der Waals surface area contributed by atoms with E-state index in [0.717, 1.165) is 11.6 Å². The number of carbonyl (C=O) groups is 2. The van der Waals surface area contributed by atoms with Crippen LogP contribution in [0.1, 0.15) is 18.1 Å². The maximum absolute atomic E-state index is 13.5. The number of aliphatic carboxylic acids is 1. The lowest BCUT2D eigenvalue weighted by molar-refractivity contribution is -0.131. The predicted octanol–water partition coefficient (Wildman–Crippen LogP) is 1.49. The third-order valence-electron chi connectivity index (χ3n) is 2.71. The van der Waals surface area contributed by atoms with Crippen LogP contribution in [-0.2, 0) is 16.1 Å². The highest BCUT2D eigenvalue weighted by Gasteiger charge is 2.08. The van der Waals surface area contributed by atoms with Crippen LogP contribution in [-0.4, -0.2) is 42.0 Å². The van der Waals surface area contributed by atoms with Crippen molar-refractivity contribution in [3.05, 3.63) is 41.2 Å². The Balaban J connectivity index is 2.73. The van der Waals surface area contributed by atoms with Crippen LogP contribution in [0.3, 0.4) is 0 Å². The van der Waals surface area contributed by atoms with Crippen LogP contribution in [0.25, 0.3) is 6.08 Å². The van der Waals surface area contributed by atoms with Gasteiger partial charge in [-0.3, -0.25) is 9.69 Å². The van der Waals surface area contributed by atoms with Gasteiger partial charge in [0.15, 0.2) is 0 Å². The molecule has 0 saturated carbocycles. The van der Waals surface area contributed by atoms with Gasteiger partial charge >= 0.3 is 5.97 Å². The van der Waals surface area contributed by atoms with Crippen LogP contribution >= 0.6 is 0 Å². The maximum atomic E-state index is 13.5. The average Bonchev–Trinajstić information content (AvgIpc) is 2.39. The summed E-state index contributed by atoms with van der Waals surface area (Å²) >= 11 is 0. The molecule has 0 saturated heterocycles. The fourth-order valence-electron chi connectivity index (χ4n) is 1.85. The number of hydrogen-bond acceptors (Lipinski definition) is 3. The minimum Gasteiger partial charge on any atom is -0.478 e. The molecule has 0 aliphatic carbocycles. The SMILES string of the molecule is CCNC(=O)CN(C)Cc1ccc(F)c(C=CC(=O)O)c1. The summed E-state index contributed by atoms with van der Waals surface area (Å²) in [6.07, 6.45) is 2.10. The number of likely N-dealkylation sites (N-methyl/N-ethyl adjacent to an activating group) is 2. The molecule has 2 N–H and O–H groups in total. The number of halogens is 1. The molecular formula is C15H19FN2O3. The zero-order valence-electron chi connectivity index (χ0n) is 12.1. The lowest BCUT2D eigenvalue weighted by Crippen LogP contribution is -2.34. The summed E-state index contributed by atoms with van der Waals surface area (Å²) in [7, 11) is 1.78. The van der Waals surface area contributed by atoms with Gasteiger partial charge in [-0.25, -0.2) is 9.18 Å². The maximum Gasteiger partial charge on any atom is 0.328 e. The third kappa shape index (κ3) is 6.18. The van der Waals surface area contributed by atoms with Gasteiger partial charge in [-0.15, -0.1) is 0 Å². The van der Waals surface area contributed by atoms with Gasteiger partial charge in [0.2, 0.25) is 5.91 Å². The van der Waals surface area contributed by atoms with Crippen LogP contribution < -0.4 is 5.32 Å². The Bertz CT molecular complexity index is 544. The molecular weight excluding hydrogens is 275 g/mol. The molecule has 1 aromatic carbocycles. The summed E-state index contributed by atoms with van der Waals surface area (Å²) in [5.41, 5.74) is 1.01. The summed E-state index contributed by atoms with van der Waals surface area (Å²) in [6.45, 7) is 3.13. The van der Waals surface area contributed by atoms with Gasteiger partial charge in [-0.1, -0.05) is 6.07 Å². The van der Waals surface area contributed by atoms with Crippen LogP contribution in [0.5, 0.6) is 0 Å². The smallest absolute Gasteiger partial charge is 0.328 e. The van der Waals surface area contributed by atoms with Crippen molar-refractivity contribution < 1.29 is 19.1 Å². The summed E-state index contributed by atoms with van der Waals surface area (Å²) in [5, 5.41) is 11.3. The molecule has 0 bridgehead atoms. The third-order valence-corrected chi connectivity index (χ3v) is 2.71. The Labute approximate surface area is 123 Å². The quantitative estimate of drug-likeness (QED) is 0.748. The molecule has 6 heteroatoms. The number of rotatable bonds is 7. The normalized spacial score (nSPS) is 11.0. The number of nitrogens with zero attached hydrogens (tertiary/aromatic N) is 1. The van der Waals surface area contributed by atoms with E-state index in [1.807, 2.05) is 6.92 Å². The van der Waals surface area contributed by atoms with E-state index in [2.05, 4.69) is 5.32 Å². The van der Waals surface area contributed by atoms with Crippen LogP contribution in [0, 0.1) is 5.82 Å². The Kier molecular flexibility index (Phi) is 6.55. The second-order valence-electron chi connectivity index (χ2n) is 4.65. The van der Waals surface area contributed by atoms with Crippen LogP contribution in [0.4, 0.5) is 4.39 Å². The second-order valence-corrected chi connectivity index (χ2v) is 4.65. The van der Waals surface area contributed by atoms with Crippen LogP contribution in [0.2, 0.25) is 0 Å². The first-order chi connectivity index (χ1) is 9.92. The number of benzene rings is 1. The minimum absolute atomic E-state index is 0.0758. The number of amides is 1. The van der Waals surface area contributed by atoms with Gasteiger partial charge in [0, 0.05) is 24.7 Å². The Morgan fingerprint density at radius 1 is 1.43 bits per heavy atom. The Morgan fingerprint density at radius 2 is 2.14 bits per heavy atom. The molecule has 0 heterocycles. The van der Waals surface area contributed by atoms with E-state index in [9.17, 15) is 14.0 Å². The Hall–Kier alpha value is -2.21. The lowest BCUT2D eigenvalue weighted by Gasteiger charge is -2.16. The summed E-state index contributed by atoms with van der Waals surface area (Å²) in [5.74, 6) is -1.69. The van der Waals surface area contributed by atoms with Crippen LogP contribution in [0.15, 0.2) is 24.3 Å². The van der Waals surface area contributed by atoms with Crippen molar-refractivity contribution in [2.75, 3.05) is 20.1 Å². The highest BCUT2D eigenvalue weighted by atomic mass is 19.1. The van der Waals surface area contributed by atoms with Gasteiger partial charge in [-0.2, -0.15) is 0 Å². The van der Waals surface area contributed by atoms with E-state index >= 15 is 0 Å². The summed E-state index contributed by atoms with van der Waals surface area (Å²) in [4.78, 5) is 23.7. The van der Waals surface area contributed by atoms with E-state index in [0.29, 0.717) is 13.1 Å². The highest BCUT2D eigenvalue weighted by molar-refractivity contribution is 5.85. The van der Waals surface area contributed by atoms with Crippen molar-refractivity contribution in [3.63, 3.8) is 0 Å². The topological polar surface area (TPSA) is 69.6 Å². The van der Waals surface area contributed by atoms with Gasteiger partial charge in [0.1, 0.15) is 5.82 Å².